The zero-order chi connectivity index (χ0) is 13.0. The zero-order valence-corrected chi connectivity index (χ0v) is 12.6. The van der Waals surface area contributed by atoms with E-state index in [-0.39, 0.29) is 5.92 Å². The smallest absolute Gasteiger partial charge is 0.167 e. The van der Waals surface area contributed by atoms with Crippen molar-refractivity contribution in [1.82, 2.24) is 0 Å². The van der Waals surface area contributed by atoms with Gasteiger partial charge in [-0.2, -0.15) is 0 Å². The van der Waals surface area contributed by atoms with Gasteiger partial charge >= 0.3 is 0 Å². The van der Waals surface area contributed by atoms with Crippen LogP contribution in [0.25, 0.3) is 0 Å². The van der Waals surface area contributed by atoms with E-state index in [1.54, 1.807) is 0 Å². The van der Waals surface area contributed by atoms with Crippen molar-refractivity contribution in [3.63, 3.8) is 0 Å². The van der Waals surface area contributed by atoms with Gasteiger partial charge in [-0.25, -0.2) is 0 Å². The normalized spacial score (nSPS) is 43.4. The number of ketones is 1. The minimum atomic E-state index is 0.221. The van der Waals surface area contributed by atoms with E-state index in [4.69, 9.17) is 0 Å². The fraction of sp³-hybridized carbons (Fsp3) is 0.588. The van der Waals surface area contributed by atoms with Crippen LogP contribution in [-0.4, -0.2) is 10.6 Å². The molecule has 3 aliphatic carbocycles. The summed E-state index contributed by atoms with van der Waals surface area (Å²) >= 11 is 3.89. The predicted octanol–water partition coefficient (Wildman–Crippen LogP) is 4.32. The number of carbonyl (C=O) groups excluding carboxylic acids is 1. The summed E-state index contributed by atoms with van der Waals surface area (Å²) in [4.78, 5) is 13.3. The summed E-state index contributed by atoms with van der Waals surface area (Å²) in [7, 11) is 0. The molecule has 0 saturated heterocycles. The second kappa shape index (κ2) is 4.44. The van der Waals surface area contributed by atoms with Gasteiger partial charge in [0.2, 0.25) is 0 Å². The van der Waals surface area contributed by atoms with Crippen LogP contribution in [0.1, 0.15) is 36.0 Å². The van der Waals surface area contributed by atoms with Crippen LogP contribution in [0, 0.1) is 29.6 Å². The molecule has 2 heteroatoms. The van der Waals surface area contributed by atoms with Gasteiger partial charge in [0.15, 0.2) is 5.78 Å². The van der Waals surface area contributed by atoms with E-state index in [0.717, 1.165) is 23.3 Å². The highest BCUT2D eigenvalue weighted by atomic mass is 79.9. The lowest BCUT2D eigenvalue weighted by Crippen LogP contribution is -2.43. The number of rotatable bonds is 2. The molecule has 4 rings (SSSR count). The first-order chi connectivity index (χ1) is 9.24. The van der Waals surface area contributed by atoms with Crippen LogP contribution >= 0.6 is 15.9 Å². The van der Waals surface area contributed by atoms with E-state index >= 15 is 0 Å². The molecule has 1 aromatic carbocycles. The third-order valence-corrected chi connectivity index (χ3v) is 7.02. The molecule has 3 fully saturated rings. The fourth-order valence-electron chi connectivity index (χ4n) is 5.02. The third kappa shape index (κ3) is 1.83. The summed E-state index contributed by atoms with van der Waals surface area (Å²) in [5.74, 6) is 3.71. The first kappa shape index (κ1) is 12.1. The van der Waals surface area contributed by atoms with Gasteiger partial charge in [0.25, 0.3) is 0 Å². The first-order valence-corrected chi connectivity index (χ1v) is 8.39. The average Bonchev–Trinajstić information content (AvgIpc) is 2.68. The maximum Gasteiger partial charge on any atom is 0.167 e. The first-order valence-electron chi connectivity index (χ1n) is 7.47. The lowest BCUT2D eigenvalue weighted by atomic mass is 9.65. The van der Waals surface area contributed by atoms with E-state index < -0.39 is 0 Å². The molecule has 19 heavy (non-hydrogen) atoms. The van der Waals surface area contributed by atoms with Crippen LogP contribution in [0.4, 0.5) is 0 Å². The van der Waals surface area contributed by atoms with Crippen LogP contribution < -0.4 is 0 Å². The van der Waals surface area contributed by atoms with Crippen molar-refractivity contribution in [1.29, 1.82) is 0 Å². The highest BCUT2D eigenvalue weighted by Crippen LogP contribution is 2.59. The number of hydrogen-bond donors (Lipinski definition) is 0. The number of halogens is 1. The molecule has 0 aliphatic heterocycles. The molecule has 0 aromatic heterocycles. The molecule has 100 valence electrons. The quantitative estimate of drug-likeness (QED) is 0.586. The number of Topliss-reactive ketones (excluding diaryl/α,β-unsaturated/α-hetero) is 1. The van der Waals surface area contributed by atoms with Gasteiger partial charge in [0.1, 0.15) is 0 Å². The number of carbonyl (C=O) groups is 1. The Bertz CT molecular complexity index is 495. The van der Waals surface area contributed by atoms with Crippen LogP contribution in [0.3, 0.4) is 0 Å². The summed E-state index contributed by atoms with van der Waals surface area (Å²) in [6.07, 6.45) is 5.39. The van der Waals surface area contributed by atoms with Gasteiger partial charge in [-0.1, -0.05) is 46.3 Å². The lowest BCUT2D eigenvalue weighted by molar-refractivity contribution is 0.0720. The molecule has 0 spiro atoms. The predicted molar refractivity (Wildman–Crippen MR) is 79.4 cm³/mol. The Labute approximate surface area is 122 Å². The molecule has 6 unspecified atom stereocenters. The molecule has 3 aliphatic rings. The molecular formula is C17H19BrO. The Kier molecular flexibility index (Phi) is 2.84. The number of hydrogen-bond acceptors (Lipinski definition) is 1. The fourth-order valence-corrected chi connectivity index (χ4v) is 6.08. The molecule has 0 heterocycles. The van der Waals surface area contributed by atoms with Crippen LogP contribution in [0.15, 0.2) is 30.3 Å². The Morgan fingerprint density at radius 3 is 2.53 bits per heavy atom. The molecule has 0 N–H and O–H groups in total. The minimum absolute atomic E-state index is 0.221. The molecule has 1 nitrogen and oxygen atoms in total. The van der Waals surface area contributed by atoms with E-state index in [9.17, 15) is 4.79 Å². The summed E-state index contributed by atoms with van der Waals surface area (Å²) < 4.78 is 0. The van der Waals surface area contributed by atoms with Crippen molar-refractivity contribution in [2.45, 2.75) is 30.5 Å². The van der Waals surface area contributed by atoms with Crippen molar-refractivity contribution in [3.05, 3.63) is 35.9 Å². The Balaban J connectivity index is 1.69. The maximum atomic E-state index is 12.9. The standard InChI is InChI=1S/C17H19BrO/c18-16-13-7-10-6-12(9-13)14(8-10)15(16)17(19)11-4-2-1-3-5-11/h1-5,10,12-16H,6-9H2. The van der Waals surface area contributed by atoms with Crippen LogP contribution in [0.5, 0.6) is 0 Å². The Morgan fingerprint density at radius 1 is 1.00 bits per heavy atom. The van der Waals surface area contributed by atoms with E-state index in [1.807, 2.05) is 30.3 Å². The van der Waals surface area contributed by atoms with Crippen molar-refractivity contribution < 1.29 is 4.79 Å². The van der Waals surface area contributed by atoms with Gasteiger partial charge < -0.3 is 0 Å². The number of benzene rings is 1. The number of fused-ring (bicyclic) bond motifs is 2. The molecule has 3 bridgehead atoms. The molecule has 0 amide bonds. The SMILES string of the molecule is O=C(c1ccccc1)C1C(Br)C2CC3CC(C2)C1C3. The topological polar surface area (TPSA) is 17.1 Å². The Hall–Kier alpha value is -0.630. The summed E-state index contributed by atoms with van der Waals surface area (Å²) in [6.45, 7) is 0. The van der Waals surface area contributed by atoms with Crippen molar-refractivity contribution >= 4 is 21.7 Å². The van der Waals surface area contributed by atoms with Gasteiger partial charge in [-0.3, -0.25) is 4.79 Å². The van der Waals surface area contributed by atoms with Crippen molar-refractivity contribution in [2.24, 2.45) is 29.6 Å². The van der Waals surface area contributed by atoms with Crippen molar-refractivity contribution in [2.75, 3.05) is 0 Å². The second-order valence-electron chi connectivity index (χ2n) is 6.69. The monoisotopic (exact) mass is 318 g/mol. The largest absolute Gasteiger partial charge is 0.294 e. The molecule has 1 aromatic rings. The highest BCUT2D eigenvalue weighted by molar-refractivity contribution is 9.09. The maximum absolute atomic E-state index is 12.9. The number of alkyl halides is 1. The van der Waals surface area contributed by atoms with E-state index in [1.165, 1.54) is 25.7 Å². The molecule has 3 saturated carbocycles. The van der Waals surface area contributed by atoms with Gasteiger partial charge in [0.05, 0.1) is 0 Å². The second-order valence-corrected chi connectivity index (χ2v) is 7.75. The van der Waals surface area contributed by atoms with Gasteiger partial charge in [0, 0.05) is 16.3 Å². The van der Waals surface area contributed by atoms with Gasteiger partial charge in [-0.05, 0) is 49.4 Å². The highest BCUT2D eigenvalue weighted by Gasteiger charge is 2.54. The van der Waals surface area contributed by atoms with E-state index in [2.05, 4.69) is 15.9 Å². The van der Waals surface area contributed by atoms with E-state index in [0.29, 0.717) is 16.5 Å². The summed E-state index contributed by atoms with van der Waals surface area (Å²) in [5, 5.41) is 0. The Morgan fingerprint density at radius 2 is 1.74 bits per heavy atom. The summed E-state index contributed by atoms with van der Waals surface area (Å²) in [6, 6.07) is 9.89. The lowest BCUT2D eigenvalue weighted by Gasteiger charge is -2.42. The molecule has 0 radical (unpaired) electrons. The van der Waals surface area contributed by atoms with Gasteiger partial charge in [-0.15, -0.1) is 0 Å². The third-order valence-electron chi connectivity index (χ3n) is 5.70. The minimum Gasteiger partial charge on any atom is -0.294 e. The van der Waals surface area contributed by atoms with Crippen LogP contribution in [-0.2, 0) is 0 Å². The summed E-state index contributed by atoms with van der Waals surface area (Å²) in [5.41, 5.74) is 0.904. The zero-order valence-electron chi connectivity index (χ0n) is 11.0. The molecule has 6 atom stereocenters. The average molecular weight is 319 g/mol. The van der Waals surface area contributed by atoms with Crippen molar-refractivity contribution in [3.8, 4) is 0 Å². The molecular weight excluding hydrogens is 300 g/mol. The van der Waals surface area contributed by atoms with Crippen LogP contribution in [0.2, 0.25) is 0 Å².